The summed E-state index contributed by atoms with van der Waals surface area (Å²) in [4.78, 5) is 12.3. The van der Waals surface area contributed by atoms with Gasteiger partial charge in [-0.1, -0.05) is 45.2 Å². The Bertz CT molecular complexity index is 1090. The highest BCUT2D eigenvalue weighted by atomic mass is 79.9. The summed E-state index contributed by atoms with van der Waals surface area (Å²) in [5.41, 5.74) is 4.62. The standard InChI is InChI=1S/C23H19BrCl2N2O3/c1-2-30-22-10-6-18(24)12-17(22)13-27-28-23(29)16-4-7-19(8-5-16)31-14-15-3-9-20(25)21(26)11-15/h3-13H,2,14H2,1H3,(H,28,29)/b27-13+. The molecule has 1 amide bonds. The summed E-state index contributed by atoms with van der Waals surface area (Å²) in [6.07, 6.45) is 1.54. The Morgan fingerprint density at radius 1 is 1.03 bits per heavy atom. The van der Waals surface area contributed by atoms with Gasteiger partial charge in [0, 0.05) is 15.6 Å². The predicted molar refractivity (Wildman–Crippen MR) is 128 cm³/mol. The predicted octanol–water partition coefficient (Wildman–Crippen LogP) is 6.50. The van der Waals surface area contributed by atoms with Crippen molar-refractivity contribution in [1.29, 1.82) is 0 Å². The molecule has 8 heteroatoms. The summed E-state index contributed by atoms with van der Waals surface area (Å²) in [6, 6.07) is 17.7. The maximum atomic E-state index is 12.3. The molecule has 0 aromatic heterocycles. The first-order valence-corrected chi connectivity index (χ1v) is 10.9. The lowest BCUT2D eigenvalue weighted by Crippen LogP contribution is -2.17. The summed E-state index contributed by atoms with van der Waals surface area (Å²) in [5.74, 6) is 0.981. The van der Waals surface area contributed by atoms with Crippen LogP contribution in [0.5, 0.6) is 11.5 Å². The fraction of sp³-hybridized carbons (Fsp3) is 0.130. The van der Waals surface area contributed by atoms with Crippen LogP contribution in [-0.2, 0) is 6.61 Å². The molecule has 1 N–H and O–H groups in total. The van der Waals surface area contributed by atoms with Crippen molar-refractivity contribution in [2.24, 2.45) is 5.10 Å². The van der Waals surface area contributed by atoms with Crippen LogP contribution < -0.4 is 14.9 Å². The first-order chi connectivity index (χ1) is 15.0. The second-order valence-corrected chi connectivity index (χ2v) is 8.11. The van der Waals surface area contributed by atoms with Crippen LogP contribution in [0.3, 0.4) is 0 Å². The molecule has 0 bridgehead atoms. The highest BCUT2D eigenvalue weighted by Gasteiger charge is 2.06. The highest BCUT2D eigenvalue weighted by molar-refractivity contribution is 9.10. The average molecular weight is 522 g/mol. The lowest BCUT2D eigenvalue weighted by Gasteiger charge is -2.08. The molecule has 0 unspecified atom stereocenters. The van der Waals surface area contributed by atoms with E-state index in [1.54, 1.807) is 42.6 Å². The summed E-state index contributed by atoms with van der Waals surface area (Å²) in [5, 5.41) is 5.01. The number of hydrogen-bond acceptors (Lipinski definition) is 4. The van der Waals surface area contributed by atoms with Crippen LogP contribution in [0.4, 0.5) is 0 Å². The molecule has 31 heavy (non-hydrogen) atoms. The summed E-state index contributed by atoms with van der Waals surface area (Å²) >= 11 is 15.3. The lowest BCUT2D eigenvalue weighted by molar-refractivity contribution is 0.0955. The van der Waals surface area contributed by atoms with Gasteiger partial charge >= 0.3 is 0 Å². The Labute approximate surface area is 199 Å². The van der Waals surface area contributed by atoms with Gasteiger partial charge in [0.1, 0.15) is 18.1 Å². The van der Waals surface area contributed by atoms with E-state index in [1.807, 2.05) is 31.2 Å². The third-order valence-electron chi connectivity index (χ3n) is 4.15. The van der Waals surface area contributed by atoms with Gasteiger partial charge < -0.3 is 9.47 Å². The molecule has 0 radical (unpaired) electrons. The molecule has 0 aliphatic heterocycles. The summed E-state index contributed by atoms with van der Waals surface area (Å²) in [7, 11) is 0. The molecule has 0 aliphatic rings. The number of ether oxygens (including phenoxy) is 2. The molecule has 0 heterocycles. The van der Waals surface area contributed by atoms with E-state index in [4.69, 9.17) is 32.7 Å². The van der Waals surface area contributed by atoms with Gasteiger partial charge in [0.25, 0.3) is 5.91 Å². The molecule has 0 fully saturated rings. The van der Waals surface area contributed by atoms with Crippen LogP contribution in [0, 0.1) is 0 Å². The topological polar surface area (TPSA) is 59.9 Å². The number of carbonyl (C=O) groups excluding carboxylic acids is 1. The Morgan fingerprint density at radius 3 is 2.52 bits per heavy atom. The molecule has 0 atom stereocenters. The van der Waals surface area contributed by atoms with Crippen molar-refractivity contribution in [2.75, 3.05) is 6.61 Å². The van der Waals surface area contributed by atoms with Crippen molar-refractivity contribution >= 4 is 51.3 Å². The number of halogens is 3. The monoisotopic (exact) mass is 520 g/mol. The number of nitrogens with zero attached hydrogens (tertiary/aromatic N) is 1. The fourth-order valence-electron chi connectivity index (χ4n) is 2.63. The number of amides is 1. The molecule has 3 aromatic rings. The number of benzene rings is 3. The van der Waals surface area contributed by atoms with Crippen LogP contribution in [0.25, 0.3) is 0 Å². The van der Waals surface area contributed by atoms with E-state index >= 15 is 0 Å². The van der Waals surface area contributed by atoms with Gasteiger partial charge in [0.05, 0.1) is 22.9 Å². The molecule has 3 aromatic carbocycles. The maximum Gasteiger partial charge on any atom is 0.271 e. The second kappa shape index (κ2) is 11.2. The van der Waals surface area contributed by atoms with Crippen LogP contribution >= 0.6 is 39.1 Å². The Kier molecular flexibility index (Phi) is 8.35. The molecule has 0 saturated carbocycles. The number of nitrogens with one attached hydrogen (secondary N) is 1. The molecule has 0 spiro atoms. The summed E-state index contributed by atoms with van der Waals surface area (Å²) in [6.45, 7) is 2.78. The zero-order chi connectivity index (χ0) is 22.2. The summed E-state index contributed by atoms with van der Waals surface area (Å²) < 4.78 is 12.2. The zero-order valence-corrected chi connectivity index (χ0v) is 19.7. The van der Waals surface area contributed by atoms with E-state index in [9.17, 15) is 4.79 Å². The molecule has 3 rings (SSSR count). The quantitative estimate of drug-likeness (QED) is 0.272. The van der Waals surface area contributed by atoms with E-state index in [1.165, 1.54) is 0 Å². The van der Waals surface area contributed by atoms with E-state index in [0.717, 1.165) is 15.6 Å². The van der Waals surface area contributed by atoms with E-state index < -0.39 is 0 Å². The van der Waals surface area contributed by atoms with Crippen LogP contribution in [0.2, 0.25) is 10.0 Å². The Morgan fingerprint density at radius 2 is 1.81 bits per heavy atom. The SMILES string of the molecule is CCOc1ccc(Br)cc1/C=N/NC(=O)c1ccc(OCc2ccc(Cl)c(Cl)c2)cc1. The van der Waals surface area contributed by atoms with Gasteiger partial charge in [-0.3, -0.25) is 4.79 Å². The van der Waals surface area contributed by atoms with E-state index in [0.29, 0.717) is 40.3 Å². The molecular formula is C23H19BrCl2N2O3. The van der Waals surface area contributed by atoms with Crippen molar-refractivity contribution in [1.82, 2.24) is 5.43 Å². The third-order valence-corrected chi connectivity index (χ3v) is 5.38. The Hall–Kier alpha value is -2.54. The van der Waals surface area contributed by atoms with E-state index in [2.05, 4.69) is 26.5 Å². The van der Waals surface area contributed by atoms with Crippen molar-refractivity contribution < 1.29 is 14.3 Å². The minimum absolute atomic E-state index is 0.333. The molecule has 0 saturated heterocycles. The number of hydrogen-bond donors (Lipinski definition) is 1. The van der Waals surface area contributed by atoms with Gasteiger partial charge in [0.2, 0.25) is 0 Å². The lowest BCUT2D eigenvalue weighted by atomic mass is 10.2. The maximum absolute atomic E-state index is 12.3. The van der Waals surface area contributed by atoms with Crippen LogP contribution in [0.15, 0.2) is 70.2 Å². The van der Waals surface area contributed by atoms with Gasteiger partial charge in [-0.2, -0.15) is 5.10 Å². The van der Waals surface area contributed by atoms with Crippen LogP contribution in [0.1, 0.15) is 28.4 Å². The van der Waals surface area contributed by atoms with Crippen LogP contribution in [-0.4, -0.2) is 18.7 Å². The van der Waals surface area contributed by atoms with E-state index in [-0.39, 0.29) is 5.91 Å². The normalized spacial score (nSPS) is 10.8. The highest BCUT2D eigenvalue weighted by Crippen LogP contribution is 2.24. The molecule has 0 aliphatic carbocycles. The number of hydrazone groups is 1. The molecular weight excluding hydrogens is 503 g/mol. The minimum atomic E-state index is -0.333. The van der Waals surface area contributed by atoms with Crippen molar-refractivity contribution in [2.45, 2.75) is 13.5 Å². The third kappa shape index (κ3) is 6.72. The average Bonchev–Trinajstić information content (AvgIpc) is 2.77. The first-order valence-electron chi connectivity index (χ1n) is 9.39. The van der Waals surface area contributed by atoms with Gasteiger partial charge in [0.15, 0.2) is 0 Å². The number of rotatable bonds is 8. The number of carbonyl (C=O) groups is 1. The van der Waals surface area contributed by atoms with Gasteiger partial charge in [-0.25, -0.2) is 5.43 Å². The van der Waals surface area contributed by atoms with Crippen molar-refractivity contribution in [3.8, 4) is 11.5 Å². The van der Waals surface area contributed by atoms with Crippen molar-refractivity contribution in [3.63, 3.8) is 0 Å². The largest absolute Gasteiger partial charge is 0.493 e. The minimum Gasteiger partial charge on any atom is -0.493 e. The Balaban J connectivity index is 1.57. The molecule has 5 nitrogen and oxygen atoms in total. The first kappa shape index (κ1) is 23.1. The zero-order valence-electron chi connectivity index (χ0n) is 16.6. The molecule has 160 valence electrons. The van der Waals surface area contributed by atoms with Gasteiger partial charge in [-0.05, 0) is 67.1 Å². The van der Waals surface area contributed by atoms with Gasteiger partial charge in [-0.15, -0.1) is 0 Å². The van der Waals surface area contributed by atoms with Crippen molar-refractivity contribution in [3.05, 3.63) is 91.9 Å². The second-order valence-electron chi connectivity index (χ2n) is 6.38. The smallest absolute Gasteiger partial charge is 0.271 e. The fourth-order valence-corrected chi connectivity index (χ4v) is 3.33.